The van der Waals surface area contributed by atoms with Crippen molar-refractivity contribution in [3.05, 3.63) is 34.9 Å². The Morgan fingerprint density at radius 3 is 2.47 bits per heavy atom. The SMILES string of the molecule is CCNC(COCCC1CC1)c1cc(C)cc(C)c1. The van der Waals surface area contributed by atoms with Gasteiger partial charge in [-0.15, -0.1) is 0 Å². The molecule has 1 aromatic rings. The van der Waals surface area contributed by atoms with Gasteiger partial charge in [-0.1, -0.05) is 49.1 Å². The fourth-order valence-corrected chi connectivity index (χ4v) is 2.59. The van der Waals surface area contributed by atoms with Crippen LogP contribution in [-0.4, -0.2) is 19.8 Å². The lowest BCUT2D eigenvalue weighted by atomic mass is 10.0. The molecule has 1 fully saturated rings. The first kappa shape index (κ1) is 14.5. The number of nitrogens with one attached hydrogen (secondary N) is 1. The van der Waals surface area contributed by atoms with Crippen molar-refractivity contribution in [2.75, 3.05) is 19.8 Å². The van der Waals surface area contributed by atoms with Crippen molar-refractivity contribution in [3.63, 3.8) is 0 Å². The lowest BCUT2D eigenvalue weighted by molar-refractivity contribution is 0.107. The highest BCUT2D eigenvalue weighted by Crippen LogP contribution is 2.32. The molecule has 2 nitrogen and oxygen atoms in total. The predicted octanol–water partition coefficient (Wildman–Crippen LogP) is 3.77. The molecule has 1 saturated carbocycles. The smallest absolute Gasteiger partial charge is 0.0661 e. The summed E-state index contributed by atoms with van der Waals surface area (Å²) in [5.41, 5.74) is 4.01. The second kappa shape index (κ2) is 7.06. The Balaban J connectivity index is 1.88. The van der Waals surface area contributed by atoms with Crippen molar-refractivity contribution in [1.29, 1.82) is 0 Å². The third kappa shape index (κ3) is 4.96. The zero-order valence-corrected chi connectivity index (χ0v) is 12.5. The Bertz CT molecular complexity index is 378. The van der Waals surface area contributed by atoms with Gasteiger partial charge in [-0.2, -0.15) is 0 Å². The molecule has 1 atom stereocenters. The van der Waals surface area contributed by atoms with Gasteiger partial charge in [-0.25, -0.2) is 0 Å². The minimum Gasteiger partial charge on any atom is -0.379 e. The van der Waals surface area contributed by atoms with Gasteiger partial charge < -0.3 is 10.1 Å². The Morgan fingerprint density at radius 2 is 1.89 bits per heavy atom. The Morgan fingerprint density at radius 1 is 1.21 bits per heavy atom. The van der Waals surface area contributed by atoms with Crippen molar-refractivity contribution in [1.82, 2.24) is 5.32 Å². The Kier molecular flexibility index (Phi) is 5.41. The lowest BCUT2D eigenvalue weighted by Crippen LogP contribution is -2.25. The van der Waals surface area contributed by atoms with Gasteiger partial charge in [0.05, 0.1) is 12.6 Å². The van der Waals surface area contributed by atoms with E-state index < -0.39 is 0 Å². The molecule has 1 N–H and O–H groups in total. The highest BCUT2D eigenvalue weighted by molar-refractivity contribution is 5.30. The molecule has 0 radical (unpaired) electrons. The zero-order valence-electron chi connectivity index (χ0n) is 12.5. The number of benzene rings is 1. The first-order valence-electron chi connectivity index (χ1n) is 7.58. The topological polar surface area (TPSA) is 21.3 Å². The van der Waals surface area contributed by atoms with E-state index in [0.717, 1.165) is 25.7 Å². The minimum absolute atomic E-state index is 0.322. The van der Waals surface area contributed by atoms with E-state index in [0.29, 0.717) is 6.04 Å². The van der Waals surface area contributed by atoms with E-state index in [1.165, 1.54) is 36.0 Å². The summed E-state index contributed by atoms with van der Waals surface area (Å²) >= 11 is 0. The van der Waals surface area contributed by atoms with Crippen LogP contribution in [0.4, 0.5) is 0 Å². The van der Waals surface area contributed by atoms with Crippen molar-refractivity contribution in [2.24, 2.45) is 5.92 Å². The van der Waals surface area contributed by atoms with E-state index >= 15 is 0 Å². The maximum absolute atomic E-state index is 5.87. The van der Waals surface area contributed by atoms with Gasteiger partial charge in [0.15, 0.2) is 0 Å². The summed E-state index contributed by atoms with van der Waals surface area (Å²) in [6.07, 6.45) is 4.07. The van der Waals surface area contributed by atoms with Crippen LogP contribution in [0.25, 0.3) is 0 Å². The van der Waals surface area contributed by atoms with Gasteiger partial charge in [0.25, 0.3) is 0 Å². The molecule has 1 aliphatic rings. The summed E-state index contributed by atoms with van der Waals surface area (Å²) in [5, 5.41) is 3.53. The number of aryl methyl sites for hydroxylation is 2. The van der Waals surface area contributed by atoms with Gasteiger partial charge in [-0.05, 0) is 38.3 Å². The van der Waals surface area contributed by atoms with Crippen LogP contribution in [0.15, 0.2) is 18.2 Å². The summed E-state index contributed by atoms with van der Waals surface area (Å²) in [4.78, 5) is 0. The third-order valence-corrected chi connectivity index (χ3v) is 3.75. The van der Waals surface area contributed by atoms with Crippen molar-refractivity contribution in [2.45, 2.75) is 46.1 Å². The van der Waals surface area contributed by atoms with Crippen LogP contribution in [0, 0.1) is 19.8 Å². The molecule has 1 aliphatic carbocycles. The number of ether oxygens (including phenoxy) is 1. The molecule has 1 aromatic carbocycles. The highest BCUT2D eigenvalue weighted by atomic mass is 16.5. The standard InChI is InChI=1S/C17H27NO/c1-4-18-17(12-19-8-7-15-5-6-15)16-10-13(2)9-14(3)11-16/h9-11,15,17-18H,4-8,12H2,1-3H3. The van der Waals surface area contributed by atoms with Crippen LogP contribution in [0.5, 0.6) is 0 Å². The van der Waals surface area contributed by atoms with E-state index in [1.54, 1.807) is 0 Å². The average Bonchev–Trinajstić information content (AvgIpc) is 3.16. The molecule has 0 saturated heterocycles. The maximum Gasteiger partial charge on any atom is 0.0661 e. The number of hydrogen-bond acceptors (Lipinski definition) is 2. The second-order valence-corrected chi connectivity index (χ2v) is 5.84. The Hall–Kier alpha value is -0.860. The summed E-state index contributed by atoms with van der Waals surface area (Å²) in [7, 11) is 0. The van der Waals surface area contributed by atoms with E-state index in [-0.39, 0.29) is 0 Å². The van der Waals surface area contributed by atoms with Crippen LogP contribution in [0.1, 0.15) is 48.9 Å². The molecule has 106 valence electrons. The molecule has 0 aromatic heterocycles. The monoisotopic (exact) mass is 261 g/mol. The fraction of sp³-hybridized carbons (Fsp3) is 0.647. The third-order valence-electron chi connectivity index (χ3n) is 3.75. The normalized spacial score (nSPS) is 16.6. The van der Waals surface area contributed by atoms with Crippen molar-refractivity contribution >= 4 is 0 Å². The van der Waals surface area contributed by atoms with Crippen LogP contribution < -0.4 is 5.32 Å². The molecule has 2 rings (SSSR count). The average molecular weight is 261 g/mol. The molecule has 0 bridgehead atoms. The number of hydrogen-bond donors (Lipinski definition) is 1. The van der Waals surface area contributed by atoms with E-state index in [9.17, 15) is 0 Å². The van der Waals surface area contributed by atoms with Gasteiger partial charge in [0, 0.05) is 6.61 Å². The van der Waals surface area contributed by atoms with E-state index in [2.05, 4.69) is 44.3 Å². The highest BCUT2D eigenvalue weighted by Gasteiger charge is 2.20. The summed E-state index contributed by atoms with van der Waals surface area (Å²) in [6, 6.07) is 7.08. The quantitative estimate of drug-likeness (QED) is 0.719. The molecule has 0 spiro atoms. The van der Waals surface area contributed by atoms with Gasteiger partial charge in [0.1, 0.15) is 0 Å². The summed E-state index contributed by atoms with van der Waals surface area (Å²) in [6.45, 7) is 9.14. The predicted molar refractivity (Wildman–Crippen MR) is 80.5 cm³/mol. The van der Waals surface area contributed by atoms with Crippen LogP contribution in [-0.2, 0) is 4.74 Å². The molecule has 19 heavy (non-hydrogen) atoms. The van der Waals surface area contributed by atoms with Gasteiger partial charge in [-0.3, -0.25) is 0 Å². The molecular weight excluding hydrogens is 234 g/mol. The lowest BCUT2D eigenvalue weighted by Gasteiger charge is -2.19. The second-order valence-electron chi connectivity index (χ2n) is 5.84. The molecular formula is C17H27NO. The van der Waals surface area contributed by atoms with Crippen molar-refractivity contribution < 1.29 is 4.74 Å². The van der Waals surface area contributed by atoms with Gasteiger partial charge >= 0.3 is 0 Å². The number of likely N-dealkylation sites (N-methyl/N-ethyl adjacent to an activating group) is 1. The van der Waals surface area contributed by atoms with Crippen LogP contribution in [0.2, 0.25) is 0 Å². The number of rotatable bonds is 8. The van der Waals surface area contributed by atoms with Gasteiger partial charge in [0.2, 0.25) is 0 Å². The molecule has 0 aliphatic heterocycles. The van der Waals surface area contributed by atoms with E-state index in [4.69, 9.17) is 4.74 Å². The minimum atomic E-state index is 0.322. The summed E-state index contributed by atoms with van der Waals surface area (Å²) < 4.78 is 5.87. The Labute approximate surface area is 117 Å². The van der Waals surface area contributed by atoms with E-state index in [1.807, 2.05) is 0 Å². The van der Waals surface area contributed by atoms with Crippen molar-refractivity contribution in [3.8, 4) is 0 Å². The largest absolute Gasteiger partial charge is 0.379 e. The molecule has 1 unspecified atom stereocenters. The fourth-order valence-electron chi connectivity index (χ4n) is 2.59. The molecule has 0 heterocycles. The zero-order chi connectivity index (χ0) is 13.7. The molecule has 2 heteroatoms. The first-order chi connectivity index (χ1) is 9.19. The maximum atomic E-state index is 5.87. The first-order valence-corrected chi connectivity index (χ1v) is 7.58. The van der Waals surface area contributed by atoms with Crippen LogP contribution in [0.3, 0.4) is 0 Å². The van der Waals surface area contributed by atoms with Crippen LogP contribution >= 0.6 is 0 Å². The summed E-state index contributed by atoms with van der Waals surface area (Å²) in [5.74, 6) is 0.957. The molecule has 0 amide bonds.